The Hall–Kier alpha value is -1.03. The molecule has 3 rings (SSSR count). The van der Waals surface area contributed by atoms with Crippen LogP contribution < -0.4 is 11.3 Å². The van der Waals surface area contributed by atoms with E-state index in [0.717, 1.165) is 16.7 Å². The highest BCUT2D eigenvalue weighted by atomic mass is 35.5. The number of benzene rings is 1. The molecule has 3 unspecified atom stereocenters. The van der Waals surface area contributed by atoms with Crippen molar-refractivity contribution in [2.75, 3.05) is 0 Å². The summed E-state index contributed by atoms with van der Waals surface area (Å²) in [5, 5.41) is 1.68. The fourth-order valence-corrected chi connectivity index (χ4v) is 2.65. The number of rotatable bonds is 3. The van der Waals surface area contributed by atoms with Crippen molar-refractivity contribution in [2.45, 2.75) is 19.4 Å². The van der Waals surface area contributed by atoms with Crippen LogP contribution in [0.5, 0.6) is 0 Å². The van der Waals surface area contributed by atoms with Gasteiger partial charge < -0.3 is 4.42 Å². The zero-order valence-corrected chi connectivity index (χ0v) is 10.4. The van der Waals surface area contributed by atoms with E-state index in [1.807, 2.05) is 24.3 Å². The van der Waals surface area contributed by atoms with E-state index in [1.54, 1.807) is 0 Å². The first-order chi connectivity index (χ1) is 8.20. The molecule has 1 aromatic carbocycles. The van der Waals surface area contributed by atoms with Gasteiger partial charge in [0.25, 0.3) is 0 Å². The Labute approximate surface area is 105 Å². The highest BCUT2D eigenvalue weighted by Crippen LogP contribution is 2.47. The van der Waals surface area contributed by atoms with E-state index in [2.05, 4.69) is 12.3 Å². The standard InChI is InChI=1S/C13H15ClN2O/c1-7-5-9(7)12(16-15)11-6-8-3-2-4-10(14)13(8)17-11/h2-4,6-7,9,12,16H,5,15H2,1H3. The average Bonchev–Trinajstić information content (AvgIpc) is 2.87. The third-order valence-electron chi connectivity index (χ3n) is 3.60. The molecule has 0 radical (unpaired) electrons. The van der Waals surface area contributed by atoms with Crippen LogP contribution in [0.4, 0.5) is 0 Å². The molecule has 17 heavy (non-hydrogen) atoms. The average molecular weight is 251 g/mol. The van der Waals surface area contributed by atoms with Crippen LogP contribution in [0.15, 0.2) is 28.7 Å². The molecule has 0 amide bonds. The summed E-state index contributed by atoms with van der Waals surface area (Å²) in [7, 11) is 0. The molecule has 1 aromatic heterocycles. The van der Waals surface area contributed by atoms with Crippen molar-refractivity contribution in [3.8, 4) is 0 Å². The summed E-state index contributed by atoms with van der Waals surface area (Å²) in [5.41, 5.74) is 3.60. The largest absolute Gasteiger partial charge is 0.458 e. The van der Waals surface area contributed by atoms with Crippen LogP contribution in [-0.4, -0.2) is 0 Å². The molecule has 2 aromatic rings. The molecule has 1 aliphatic rings. The SMILES string of the molecule is CC1CC1C(NN)c1cc2cccc(Cl)c2o1. The van der Waals surface area contributed by atoms with Crippen molar-refractivity contribution in [2.24, 2.45) is 17.7 Å². The van der Waals surface area contributed by atoms with Crippen molar-refractivity contribution in [1.29, 1.82) is 0 Å². The summed E-state index contributed by atoms with van der Waals surface area (Å²) in [6.45, 7) is 2.23. The number of hydrogen-bond acceptors (Lipinski definition) is 3. The van der Waals surface area contributed by atoms with Gasteiger partial charge in [0, 0.05) is 5.39 Å². The van der Waals surface area contributed by atoms with Gasteiger partial charge in [-0.3, -0.25) is 5.84 Å². The van der Waals surface area contributed by atoms with Crippen LogP contribution >= 0.6 is 11.6 Å². The summed E-state index contributed by atoms with van der Waals surface area (Å²) in [4.78, 5) is 0. The van der Waals surface area contributed by atoms with E-state index in [4.69, 9.17) is 21.9 Å². The number of nitrogens with one attached hydrogen (secondary N) is 1. The highest BCUT2D eigenvalue weighted by Gasteiger charge is 2.41. The smallest absolute Gasteiger partial charge is 0.152 e. The van der Waals surface area contributed by atoms with E-state index in [-0.39, 0.29) is 6.04 Å². The van der Waals surface area contributed by atoms with Crippen molar-refractivity contribution in [1.82, 2.24) is 5.43 Å². The monoisotopic (exact) mass is 250 g/mol. The number of hydrogen-bond donors (Lipinski definition) is 2. The maximum atomic E-state index is 6.10. The number of para-hydroxylation sites is 1. The molecule has 1 fully saturated rings. The molecular formula is C13H15ClN2O. The Bertz CT molecular complexity index is 551. The van der Waals surface area contributed by atoms with Crippen LogP contribution in [-0.2, 0) is 0 Å². The number of halogens is 1. The van der Waals surface area contributed by atoms with Gasteiger partial charge in [-0.05, 0) is 30.4 Å². The van der Waals surface area contributed by atoms with Crippen molar-refractivity contribution in [3.63, 3.8) is 0 Å². The van der Waals surface area contributed by atoms with Gasteiger partial charge in [-0.25, -0.2) is 5.43 Å². The van der Waals surface area contributed by atoms with Gasteiger partial charge in [0.15, 0.2) is 5.58 Å². The van der Waals surface area contributed by atoms with Crippen LogP contribution in [0.1, 0.15) is 25.1 Å². The number of hydrazine groups is 1. The van der Waals surface area contributed by atoms with E-state index in [1.165, 1.54) is 6.42 Å². The molecular weight excluding hydrogens is 236 g/mol. The minimum Gasteiger partial charge on any atom is -0.458 e. The van der Waals surface area contributed by atoms with Gasteiger partial charge in [-0.15, -0.1) is 0 Å². The van der Waals surface area contributed by atoms with Gasteiger partial charge in [0.2, 0.25) is 0 Å². The molecule has 0 bridgehead atoms. The fraction of sp³-hybridized carbons (Fsp3) is 0.385. The molecule has 90 valence electrons. The van der Waals surface area contributed by atoms with Crippen molar-refractivity contribution in [3.05, 3.63) is 35.0 Å². The summed E-state index contributed by atoms with van der Waals surface area (Å²) in [6, 6.07) is 7.87. The van der Waals surface area contributed by atoms with Gasteiger partial charge >= 0.3 is 0 Å². The molecule has 1 heterocycles. The zero-order valence-electron chi connectivity index (χ0n) is 9.61. The maximum absolute atomic E-state index is 6.10. The Balaban J connectivity index is 2.02. The molecule has 3 nitrogen and oxygen atoms in total. The van der Waals surface area contributed by atoms with Gasteiger partial charge in [0.1, 0.15) is 5.76 Å². The predicted molar refractivity (Wildman–Crippen MR) is 68.6 cm³/mol. The van der Waals surface area contributed by atoms with Crippen molar-refractivity contribution < 1.29 is 4.42 Å². The summed E-state index contributed by atoms with van der Waals surface area (Å²) >= 11 is 6.10. The molecule has 1 saturated carbocycles. The van der Waals surface area contributed by atoms with Crippen LogP contribution in [0.25, 0.3) is 11.0 Å². The minimum atomic E-state index is 0.0912. The van der Waals surface area contributed by atoms with Gasteiger partial charge in [0.05, 0.1) is 11.1 Å². The second-order valence-corrected chi connectivity index (χ2v) is 5.24. The van der Waals surface area contributed by atoms with Gasteiger partial charge in [-0.1, -0.05) is 30.7 Å². The normalized spacial score (nSPS) is 25.1. The quantitative estimate of drug-likeness (QED) is 0.650. The lowest BCUT2D eigenvalue weighted by Gasteiger charge is -2.11. The predicted octanol–water partition coefficient (Wildman–Crippen LogP) is 3.25. The lowest BCUT2D eigenvalue weighted by Crippen LogP contribution is -2.29. The molecule has 4 heteroatoms. The zero-order chi connectivity index (χ0) is 12.0. The second kappa shape index (κ2) is 4.02. The Morgan fingerprint density at radius 3 is 2.88 bits per heavy atom. The third-order valence-corrected chi connectivity index (χ3v) is 3.90. The molecule has 1 aliphatic carbocycles. The Kier molecular flexibility index (Phi) is 2.62. The first kappa shape index (κ1) is 11.1. The first-order valence-corrected chi connectivity index (χ1v) is 6.22. The topological polar surface area (TPSA) is 51.2 Å². The molecule has 0 spiro atoms. The van der Waals surface area contributed by atoms with Crippen molar-refractivity contribution >= 4 is 22.6 Å². The first-order valence-electron chi connectivity index (χ1n) is 5.85. The highest BCUT2D eigenvalue weighted by molar-refractivity contribution is 6.34. The van der Waals surface area contributed by atoms with E-state index < -0.39 is 0 Å². The third kappa shape index (κ3) is 1.84. The number of furan rings is 1. The molecule has 0 aliphatic heterocycles. The van der Waals surface area contributed by atoms with Crippen LogP contribution in [0, 0.1) is 11.8 Å². The summed E-state index contributed by atoms with van der Waals surface area (Å²) in [5.74, 6) is 7.78. The maximum Gasteiger partial charge on any atom is 0.152 e. The second-order valence-electron chi connectivity index (χ2n) is 4.83. The Morgan fingerprint density at radius 1 is 1.53 bits per heavy atom. The van der Waals surface area contributed by atoms with E-state index >= 15 is 0 Å². The lowest BCUT2D eigenvalue weighted by molar-refractivity contribution is 0.391. The minimum absolute atomic E-state index is 0.0912. The number of nitrogens with two attached hydrogens (primary N) is 1. The van der Waals surface area contributed by atoms with E-state index in [0.29, 0.717) is 16.9 Å². The number of fused-ring (bicyclic) bond motifs is 1. The fourth-order valence-electron chi connectivity index (χ4n) is 2.43. The van der Waals surface area contributed by atoms with Gasteiger partial charge in [-0.2, -0.15) is 0 Å². The summed E-state index contributed by atoms with van der Waals surface area (Å²) in [6.07, 6.45) is 1.19. The summed E-state index contributed by atoms with van der Waals surface area (Å²) < 4.78 is 5.83. The lowest BCUT2D eigenvalue weighted by atomic mass is 10.1. The molecule has 3 N–H and O–H groups in total. The molecule has 0 saturated heterocycles. The van der Waals surface area contributed by atoms with E-state index in [9.17, 15) is 0 Å². The van der Waals surface area contributed by atoms with Crippen LogP contribution in [0.2, 0.25) is 5.02 Å². The van der Waals surface area contributed by atoms with Crippen LogP contribution in [0.3, 0.4) is 0 Å². The molecule has 3 atom stereocenters. The Morgan fingerprint density at radius 2 is 2.29 bits per heavy atom.